The van der Waals surface area contributed by atoms with Gasteiger partial charge >= 0.3 is 0 Å². The van der Waals surface area contributed by atoms with Crippen LogP contribution in [-0.2, 0) is 7.05 Å². The number of nitrogens with zero attached hydrogens (tertiary/aromatic N) is 3. The fourth-order valence-electron chi connectivity index (χ4n) is 1.92. The molecule has 0 amide bonds. The van der Waals surface area contributed by atoms with E-state index in [1.807, 2.05) is 25.4 Å². The Balaban J connectivity index is 2.40. The van der Waals surface area contributed by atoms with Crippen LogP contribution in [0.5, 0.6) is 0 Å². The number of nitrogens with one attached hydrogen (secondary N) is 1. The SMILES string of the molecule is Cn1ccc(-c2cc(Br)c(Cl)c3c(N)n[nH]c23)n1. The minimum Gasteiger partial charge on any atom is -0.382 e. The van der Waals surface area contributed by atoms with Gasteiger partial charge in [-0.1, -0.05) is 11.6 Å². The lowest BCUT2D eigenvalue weighted by molar-refractivity contribution is 0.771. The van der Waals surface area contributed by atoms with Crippen molar-refractivity contribution in [3.05, 3.63) is 27.8 Å². The number of anilines is 1. The van der Waals surface area contributed by atoms with Gasteiger partial charge in [0.05, 0.1) is 21.6 Å². The molecule has 0 aliphatic carbocycles. The van der Waals surface area contributed by atoms with E-state index in [2.05, 4.69) is 31.2 Å². The zero-order valence-electron chi connectivity index (χ0n) is 9.41. The molecule has 0 unspecified atom stereocenters. The van der Waals surface area contributed by atoms with Gasteiger partial charge in [-0.05, 0) is 28.1 Å². The third kappa shape index (κ3) is 1.60. The average molecular weight is 327 g/mol. The van der Waals surface area contributed by atoms with Crippen molar-refractivity contribution in [2.24, 2.45) is 7.05 Å². The second-order valence-electron chi connectivity index (χ2n) is 3.95. The average Bonchev–Trinajstić information content (AvgIpc) is 2.91. The van der Waals surface area contributed by atoms with Crippen molar-refractivity contribution in [2.45, 2.75) is 0 Å². The lowest BCUT2D eigenvalue weighted by Gasteiger charge is -2.04. The maximum Gasteiger partial charge on any atom is 0.154 e. The van der Waals surface area contributed by atoms with Crippen molar-refractivity contribution in [1.29, 1.82) is 0 Å². The number of benzene rings is 1. The predicted octanol–water partition coefficient (Wildman–Crippen LogP) is 2.96. The standard InChI is InChI=1S/C11H9BrClN5/c1-18-3-2-7(17-18)5-4-6(12)9(13)8-10(5)15-16-11(8)14/h2-4H,1H3,(H3,14,15,16). The summed E-state index contributed by atoms with van der Waals surface area (Å²) >= 11 is 9.65. The van der Waals surface area contributed by atoms with Crippen LogP contribution in [0, 0.1) is 0 Å². The molecule has 7 heteroatoms. The van der Waals surface area contributed by atoms with Crippen LogP contribution in [0.3, 0.4) is 0 Å². The fourth-order valence-corrected chi connectivity index (χ4v) is 2.59. The van der Waals surface area contributed by atoms with E-state index in [0.717, 1.165) is 21.2 Å². The number of aromatic nitrogens is 4. The van der Waals surface area contributed by atoms with Crippen LogP contribution in [0.15, 0.2) is 22.8 Å². The Morgan fingerprint density at radius 1 is 1.50 bits per heavy atom. The molecule has 0 radical (unpaired) electrons. The van der Waals surface area contributed by atoms with Crippen LogP contribution in [0.1, 0.15) is 0 Å². The summed E-state index contributed by atoms with van der Waals surface area (Å²) < 4.78 is 2.51. The van der Waals surface area contributed by atoms with E-state index >= 15 is 0 Å². The first-order valence-corrected chi connectivity index (χ1v) is 6.36. The first kappa shape index (κ1) is 11.6. The molecule has 0 saturated carbocycles. The number of rotatable bonds is 1. The van der Waals surface area contributed by atoms with Crippen molar-refractivity contribution >= 4 is 44.3 Å². The van der Waals surface area contributed by atoms with Crippen molar-refractivity contribution in [1.82, 2.24) is 20.0 Å². The molecule has 3 aromatic rings. The quantitative estimate of drug-likeness (QED) is 0.722. The Morgan fingerprint density at radius 2 is 2.28 bits per heavy atom. The highest BCUT2D eigenvalue weighted by Gasteiger charge is 2.16. The molecule has 0 aliphatic heterocycles. The van der Waals surface area contributed by atoms with Crippen molar-refractivity contribution in [3.63, 3.8) is 0 Å². The molecular weight excluding hydrogens is 318 g/mol. The second-order valence-corrected chi connectivity index (χ2v) is 5.19. The summed E-state index contributed by atoms with van der Waals surface area (Å²) in [7, 11) is 1.87. The molecule has 92 valence electrons. The minimum atomic E-state index is 0.383. The fraction of sp³-hybridized carbons (Fsp3) is 0.0909. The highest BCUT2D eigenvalue weighted by Crippen LogP contribution is 2.39. The van der Waals surface area contributed by atoms with Gasteiger partial charge in [0.2, 0.25) is 0 Å². The normalized spacial score (nSPS) is 11.3. The number of hydrogen-bond acceptors (Lipinski definition) is 3. The Labute approximate surface area is 116 Å². The van der Waals surface area contributed by atoms with Crippen LogP contribution >= 0.6 is 27.5 Å². The van der Waals surface area contributed by atoms with Crippen LogP contribution < -0.4 is 5.73 Å². The number of halogens is 2. The summed E-state index contributed by atoms with van der Waals surface area (Å²) in [5, 5.41) is 12.5. The molecule has 2 heterocycles. The molecule has 5 nitrogen and oxygen atoms in total. The molecule has 0 spiro atoms. The van der Waals surface area contributed by atoms with Gasteiger partial charge in [-0.3, -0.25) is 9.78 Å². The van der Waals surface area contributed by atoms with E-state index in [0.29, 0.717) is 16.2 Å². The summed E-state index contributed by atoms with van der Waals surface area (Å²) in [6.07, 6.45) is 1.88. The molecule has 3 rings (SSSR count). The third-order valence-electron chi connectivity index (χ3n) is 2.75. The zero-order valence-corrected chi connectivity index (χ0v) is 11.7. The van der Waals surface area contributed by atoms with Crippen LogP contribution in [0.4, 0.5) is 5.82 Å². The smallest absolute Gasteiger partial charge is 0.154 e. The van der Waals surface area contributed by atoms with Crippen molar-refractivity contribution in [2.75, 3.05) is 5.73 Å². The van der Waals surface area contributed by atoms with Crippen LogP contribution in [0.2, 0.25) is 5.02 Å². The number of nitrogen functional groups attached to an aromatic ring is 1. The maximum absolute atomic E-state index is 6.22. The first-order valence-electron chi connectivity index (χ1n) is 5.19. The van der Waals surface area contributed by atoms with E-state index in [4.69, 9.17) is 17.3 Å². The number of aromatic amines is 1. The van der Waals surface area contributed by atoms with E-state index < -0.39 is 0 Å². The van der Waals surface area contributed by atoms with Gasteiger partial charge in [-0.2, -0.15) is 10.2 Å². The molecule has 0 saturated heterocycles. The van der Waals surface area contributed by atoms with Crippen LogP contribution in [0.25, 0.3) is 22.2 Å². The predicted molar refractivity (Wildman–Crippen MR) is 75.4 cm³/mol. The largest absolute Gasteiger partial charge is 0.382 e. The lowest BCUT2D eigenvalue weighted by Crippen LogP contribution is -1.89. The van der Waals surface area contributed by atoms with Gasteiger partial charge in [0, 0.05) is 23.3 Å². The van der Waals surface area contributed by atoms with Gasteiger partial charge in [0.25, 0.3) is 0 Å². The number of nitrogens with two attached hydrogens (primary N) is 1. The molecule has 0 fully saturated rings. The van der Waals surface area contributed by atoms with Gasteiger partial charge in [0.15, 0.2) is 5.82 Å². The van der Waals surface area contributed by atoms with Crippen molar-refractivity contribution in [3.8, 4) is 11.3 Å². The summed E-state index contributed by atoms with van der Waals surface area (Å²) in [4.78, 5) is 0. The van der Waals surface area contributed by atoms with Crippen LogP contribution in [-0.4, -0.2) is 20.0 Å². The Bertz CT molecular complexity index is 745. The third-order valence-corrected chi connectivity index (χ3v) is 4.00. The molecular formula is C11H9BrClN5. The zero-order chi connectivity index (χ0) is 12.9. The Morgan fingerprint density at radius 3 is 2.94 bits per heavy atom. The molecule has 18 heavy (non-hydrogen) atoms. The first-order chi connectivity index (χ1) is 8.58. The molecule has 0 aliphatic rings. The molecule has 1 aromatic carbocycles. The maximum atomic E-state index is 6.22. The van der Waals surface area contributed by atoms with Crippen molar-refractivity contribution < 1.29 is 0 Å². The Kier molecular flexibility index (Phi) is 2.57. The molecule has 2 aromatic heterocycles. The summed E-state index contributed by atoms with van der Waals surface area (Å²) in [6.45, 7) is 0. The molecule has 0 bridgehead atoms. The van der Waals surface area contributed by atoms with Gasteiger partial charge < -0.3 is 5.73 Å². The summed E-state index contributed by atoms with van der Waals surface area (Å²) in [5.41, 5.74) is 8.36. The second kappa shape index (κ2) is 4.00. The molecule has 0 atom stereocenters. The topological polar surface area (TPSA) is 72.5 Å². The monoisotopic (exact) mass is 325 g/mol. The summed E-state index contributed by atoms with van der Waals surface area (Å²) in [6, 6.07) is 3.83. The summed E-state index contributed by atoms with van der Waals surface area (Å²) in [5.74, 6) is 0.383. The van der Waals surface area contributed by atoms with E-state index in [-0.39, 0.29) is 0 Å². The minimum absolute atomic E-state index is 0.383. The van der Waals surface area contributed by atoms with Gasteiger partial charge in [0.1, 0.15) is 0 Å². The molecule has 3 N–H and O–H groups in total. The van der Waals surface area contributed by atoms with Gasteiger partial charge in [-0.25, -0.2) is 0 Å². The Hall–Kier alpha value is -1.53. The highest BCUT2D eigenvalue weighted by molar-refractivity contribution is 9.10. The highest BCUT2D eigenvalue weighted by atomic mass is 79.9. The number of H-pyrrole nitrogens is 1. The number of hydrogen-bond donors (Lipinski definition) is 2. The number of fused-ring (bicyclic) bond motifs is 1. The van der Waals surface area contributed by atoms with E-state index in [1.54, 1.807) is 4.68 Å². The van der Waals surface area contributed by atoms with E-state index in [9.17, 15) is 0 Å². The van der Waals surface area contributed by atoms with E-state index in [1.165, 1.54) is 0 Å². The van der Waals surface area contributed by atoms with Gasteiger partial charge in [-0.15, -0.1) is 0 Å². The lowest BCUT2D eigenvalue weighted by atomic mass is 10.1. The number of aryl methyl sites for hydroxylation is 1.